The average Bonchev–Trinajstić information content (AvgIpc) is 2.72. The van der Waals surface area contributed by atoms with Crippen molar-refractivity contribution in [3.05, 3.63) is 22.0 Å². The standard InChI is InChI=1S/C8H9F2N3O2.C2H4O2/c9-8(10)7-6(13(14)15)4-12(11-7)5-2-1-3-5;1-4-2-3/h4-5,8H,1-3H2;2H,1H3. The summed E-state index contributed by atoms with van der Waals surface area (Å²) in [6, 6.07) is 0.0520. The molecule has 0 aromatic carbocycles. The number of carbonyl (C=O) groups excluding carboxylic acids is 1. The number of halogens is 2. The van der Waals surface area contributed by atoms with E-state index >= 15 is 0 Å². The Hall–Kier alpha value is -2.06. The summed E-state index contributed by atoms with van der Waals surface area (Å²) in [6.07, 6.45) is 0.920. The number of alkyl halides is 2. The molecule has 0 spiro atoms. The second kappa shape index (κ2) is 6.76. The van der Waals surface area contributed by atoms with Crippen molar-refractivity contribution in [2.75, 3.05) is 7.11 Å². The zero-order chi connectivity index (χ0) is 14.4. The normalized spacial score (nSPS) is 14.3. The molecule has 1 fully saturated rings. The number of nitro groups is 1. The van der Waals surface area contributed by atoms with Gasteiger partial charge in [-0.2, -0.15) is 5.10 Å². The van der Waals surface area contributed by atoms with Gasteiger partial charge in [-0.25, -0.2) is 8.78 Å². The fraction of sp³-hybridized carbons (Fsp3) is 0.600. The molecule has 0 saturated heterocycles. The van der Waals surface area contributed by atoms with E-state index in [4.69, 9.17) is 4.79 Å². The number of rotatable bonds is 4. The lowest BCUT2D eigenvalue weighted by Gasteiger charge is -2.25. The molecule has 7 nitrogen and oxygen atoms in total. The number of nitrogens with zero attached hydrogens (tertiary/aromatic N) is 3. The van der Waals surface area contributed by atoms with E-state index in [2.05, 4.69) is 9.84 Å². The van der Waals surface area contributed by atoms with Crippen LogP contribution in [0.4, 0.5) is 14.5 Å². The minimum atomic E-state index is -2.90. The quantitative estimate of drug-likeness (QED) is 0.478. The van der Waals surface area contributed by atoms with E-state index < -0.39 is 22.7 Å². The van der Waals surface area contributed by atoms with Gasteiger partial charge in [0.1, 0.15) is 6.20 Å². The van der Waals surface area contributed by atoms with Crippen LogP contribution >= 0.6 is 0 Å². The van der Waals surface area contributed by atoms with Gasteiger partial charge in [-0.15, -0.1) is 0 Å². The van der Waals surface area contributed by atoms with Crippen molar-refractivity contribution in [2.24, 2.45) is 0 Å². The van der Waals surface area contributed by atoms with Crippen LogP contribution in [0, 0.1) is 10.1 Å². The van der Waals surface area contributed by atoms with Gasteiger partial charge in [0.2, 0.25) is 5.69 Å². The molecule has 9 heteroatoms. The summed E-state index contributed by atoms with van der Waals surface area (Å²) in [6.45, 7) is 0.375. The van der Waals surface area contributed by atoms with Crippen LogP contribution in [-0.4, -0.2) is 28.3 Å². The lowest BCUT2D eigenvalue weighted by molar-refractivity contribution is -0.386. The molecule has 106 valence electrons. The largest absolute Gasteiger partial charge is 0.471 e. The van der Waals surface area contributed by atoms with Gasteiger partial charge in [-0.05, 0) is 19.3 Å². The zero-order valence-electron chi connectivity index (χ0n) is 10.2. The molecule has 19 heavy (non-hydrogen) atoms. The molecule has 0 N–H and O–H groups in total. The van der Waals surface area contributed by atoms with Crippen LogP contribution in [0.2, 0.25) is 0 Å². The maximum atomic E-state index is 12.4. The predicted octanol–water partition coefficient (Wildman–Crippen LogP) is 2.24. The van der Waals surface area contributed by atoms with Crippen molar-refractivity contribution in [3.8, 4) is 0 Å². The first-order valence-electron chi connectivity index (χ1n) is 5.49. The molecule has 1 aromatic heterocycles. The maximum Gasteiger partial charge on any atom is 0.316 e. The topological polar surface area (TPSA) is 87.3 Å². The lowest BCUT2D eigenvalue weighted by Crippen LogP contribution is -2.17. The van der Waals surface area contributed by atoms with Gasteiger partial charge in [0, 0.05) is 0 Å². The van der Waals surface area contributed by atoms with Crippen LogP contribution in [0.15, 0.2) is 6.20 Å². The van der Waals surface area contributed by atoms with Crippen LogP contribution in [0.3, 0.4) is 0 Å². The molecule has 0 unspecified atom stereocenters. The maximum absolute atomic E-state index is 12.4. The van der Waals surface area contributed by atoms with Gasteiger partial charge < -0.3 is 4.74 Å². The first-order valence-corrected chi connectivity index (χ1v) is 5.49. The molecule has 0 bridgehead atoms. The Morgan fingerprint density at radius 2 is 2.21 bits per heavy atom. The van der Waals surface area contributed by atoms with Crippen LogP contribution < -0.4 is 0 Å². The summed E-state index contributed by atoms with van der Waals surface area (Å²) in [5.41, 5.74) is -1.32. The Morgan fingerprint density at radius 1 is 1.63 bits per heavy atom. The van der Waals surface area contributed by atoms with E-state index in [1.54, 1.807) is 0 Å². The van der Waals surface area contributed by atoms with Crippen molar-refractivity contribution in [3.63, 3.8) is 0 Å². The van der Waals surface area contributed by atoms with Gasteiger partial charge in [0.05, 0.1) is 18.1 Å². The Labute approximate surface area is 107 Å². The highest BCUT2D eigenvalue weighted by Gasteiger charge is 2.30. The molecule has 1 heterocycles. The minimum absolute atomic E-state index is 0.0520. The van der Waals surface area contributed by atoms with Crippen LogP contribution in [0.5, 0.6) is 0 Å². The predicted molar refractivity (Wildman–Crippen MR) is 59.8 cm³/mol. The van der Waals surface area contributed by atoms with E-state index in [0.717, 1.165) is 25.5 Å². The van der Waals surface area contributed by atoms with Gasteiger partial charge in [-0.3, -0.25) is 19.6 Å². The molecule has 1 aliphatic carbocycles. The van der Waals surface area contributed by atoms with E-state index in [0.29, 0.717) is 6.47 Å². The second-order valence-corrected chi connectivity index (χ2v) is 3.85. The third-order valence-corrected chi connectivity index (χ3v) is 2.69. The van der Waals surface area contributed by atoms with Gasteiger partial charge >= 0.3 is 5.69 Å². The number of methoxy groups -OCH3 is 1. The Morgan fingerprint density at radius 3 is 2.47 bits per heavy atom. The number of ether oxygens (including phenoxy) is 1. The van der Waals surface area contributed by atoms with Crippen molar-refractivity contribution < 1.29 is 23.2 Å². The first kappa shape index (κ1) is 15.0. The molecule has 2 rings (SSSR count). The number of carbonyl (C=O) groups is 1. The number of aromatic nitrogens is 2. The van der Waals surface area contributed by atoms with Gasteiger partial charge in [0.15, 0.2) is 0 Å². The SMILES string of the molecule is COC=O.O=[N+]([O-])c1cn(C2CCC2)nc1C(F)F. The summed E-state index contributed by atoms with van der Waals surface area (Å²) < 4.78 is 30.0. The monoisotopic (exact) mass is 277 g/mol. The summed E-state index contributed by atoms with van der Waals surface area (Å²) in [4.78, 5) is 18.6. The van der Waals surface area contributed by atoms with Crippen molar-refractivity contribution in [1.82, 2.24) is 9.78 Å². The highest BCUT2D eigenvalue weighted by molar-refractivity contribution is 5.36. The molecule has 0 aliphatic heterocycles. The lowest BCUT2D eigenvalue weighted by atomic mass is 9.93. The summed E-state index contributed by atoms with van der Waals surface area (Å²) in [5.74, 6) is 0. The first-order chi connectivity index (χ1) is 9.01. The second-order valence-electron chi connectivity index (χ2n) is 3.85. The van der Waals surface area contributed by atoms with Crippen LogP contribution in [-0.2, 0) is 9.53 Å². The smallest absolute Gasteiger partial charge is 0.316 e. The minimum Gasteiger partial charge on any atom is -0.471 e. The molecule has 0 atom stereocenters. The molecule has 1 saturated carbocycles. The molecule has 1 aromatic rings. The molecular weight excluding hydrogens is 264 g/mol. The Balaban J connectivity index is 0.000000399. The highest BCUT2D eigenvalue weighted by Crippen LogP contribution is 2.35. The molecule has 0 radical (unpaired) electrons. The Bertz CT molecular complexity index is 446. The summed E-state index contributed by atoms with van der Waals surface area (Å²) >= 11 is 0. The van der Waals surface area contributed by atoms with Crippen molar-refractivity contribution in [2.45, 2.75) is 31.7 Å². The Kier molecular flexibility index (Phi) is 5.34. The van der Waals surface area contributed by atoms with E-state index in [-0.39, 0.29) is 6.04 Å². The molecule has 1 aliphatic rings. The highest BCUT2D eigenvalue weighted by atomic mass is 19.3. The van der Waals surface area contributed by atoms with Gasteiger partial charge in [-0.1, -0.05) is 0 Å². The van der Waals surface area contributed by atoms with E-state index in [9.17, 15) is 18.9 Å². The van der Waals surface area contributed by atoms with Gasteiger partial charge in [0.25, 0.3) is 12.9 Å². The third kappa shape index (κ3) is 3.70. The summed E-state index contributed by atoms with van der Waals surface area (Å²) in [7, 11) is 1.31. The fourth-order valence-corrected chi connectivity index (χ4v) is 1.53. The fourth-order valence-electron chi connectivity index (χ4n) is 1.53. The number of hydrogen-bond acceptors (Lipinski definition) is 5. The average molecular weight is 277 g/mol. The molecular formula is C10H13F2N3O4. The van der Waals surface area contributed by atoms with E-state index in [1.807, 2.05) is 0 Å². The van der Waals surface area contributed by atoms with Crippen LogP contribution in [0.1, 0.15) is 37.4 Å². The third-order valence-electron chi connectivity index (χ3n) is 2.69. The van der Waals surface area contributed by atoms with Crippen molar-refractivity contribution >= 4 is 12.2 Å². The molecule has 0 amide bonds. The van der Waals surface area contributed by atoms with Crippen molar-refractivity contribution in [1.29, 1.82) is 0 Å². The number of hydrogen-bond donors (Lipinski definition) is 0. The van der Waals surface area contributed by atoms with E-state index in [1.165, 1.54) is 11.8 Å². The summed E-state index contributed by atoms with van der Waals surface area (Å²) in [5, 5.41) is 14.1. The van der Waals surface area contributed by atoms with Crippen LogP contribution in [0.25, 0.3) is 0 Å². The zero-order valence-corrected chi connectivity index (χ0v) is 10.2.